The molecule has 0 fully saturated rings. The van der Waals surface area contributed by atoms with Crippen molar-refractivity contribution < 1.29 is 17.9 Å². The van der Waals surface area contributed by atoms with Crippen molar-refractivity contribution in [3.63, 3.8) is 0 Å². The molecule has 0 atom stereocenters. The third-order valence-electron chi connectivity index (χ3n) is 1.93. The smallest absolute Gasteiger partial charge is 0.375 e. The second-order valence-electron chi connectivity index (χ2n) is 3.53. The zero-order valence-electron chi connectivity index (χ0n) is 9.13. The summed E-state index contributed by atoms with van der Waals surface area (Å²) >= 11 is 0. The van der Waals surface area contributed by atoms with Gasteiger partial charge in [-0.2, -0.15) is 18.3 Å². The Balaban J connectivity index is 2.34. The summed E-state index contributed by atoms with van der Waals surface area (Å²) in [5, 5.41) is 3.76. The maximum atomic E-state index is 12.0. The molecule has 1 heterocycles. The first-order chi connectivity index (χ1) is 7.51. The van der Waals surface area contributed by atoms with Crippen LogP contribution in [0.1, 0.15) is 25.5 Å². The van der Waals surface area contributed by atoms with Crippen LogP contribution in [-0.4, -0.2) is 22.6 Å². The van der Waals surface area contributed by atoms with Gasteiger partial charge in [0.2, 0.25) is 0 Å². The number of halogens is 3. The number of hydrogen-bond donors (Lipinski definition) is 0. The maximum absolute atomic E-state index is 12.0. The van der Waals surface area contributed by atoms with Crippen molar-refractivity contribution in [1.82, 2.24) is 9.78 Å². The van der Waals surface area contributed by atoms with Gasteiger partial charge in [-0.3, -0.25) is 4.68 Å². The van der Waals surface area contributed by atoms with Gasteiger partial charge in [-0.25, -0.2) is 0 Å². The van der Waals surface area contributed by atoms with Crippen LogP contribution in [0.25, 0.3) is 0 Å². The molecule has 0 amide bonds. The normalized spacial score (nSPS) is 12.0. The van der Waals surface area contributed by atoms with Gasteiger partial charge < -0.3 is 4.74 Å². The van der Waals surface area contributed by atoms with Crippen LogP contribution in [-0.2, 0) is 17.9 Å². The molecule has 1 rings (SSSR count). The molecule has 0 radical (unpaired) electrons. The lowest BCUT2D eigenvalue weighted by Gasteiger charge is -2.05. The Kier molecular flexibility index (Phi) is 4.79. The fourth-order valence-corrected chi connectivity index (χ4v) is 1.18. The summed E-state index contributed by atoms with van der Waals surface area (Å²) in [4.78, 5) is 0. The van der Waals surface area contributed by atoms with E-state index in [1.165, 1.54) is 12.3 Å². The minimum Gasteiger partial charge on any atom is -0.375 e. The van der Waals surface area contributed by atoms with E-state index in [1.54, 1.807) is 0 Å². The molecule has 16 heavy (non-hydrogen) atoms. The van der Waals surface area contributed by atoms with Crippen molar-refractivity contribution >= 4 is 0 Å². The van der Waals surface area contributed by atoms with E-state index in [0.717, 1.165) is 17.5 Å². The number of hydrogen-bond acceptors (Lipinski definition) is 2. The highest BCUT2D eigenvalue weighted by Gasteiger charge is 2.28. The second kappa shape index (κ2) is 5.89. The summed E-state index contributed by atoms with van der Waals surface area (Å²) < 4.78 is 42.2. The lowest BCUT2D eigenvalue weighted by Crippen LogP contribution is -2.18. The molecule has 1 aromatic heterocycles. The standard InChI is InChI=1S/C10H15F3N2O/c1-2-3-6-16-7-9-4-5-15(14-9)8-10(11,12)13/h4-5H,2-3,6-8H2,1H3. The monoisotopic (exact) mass is 236 g/mol. The topological polar surface area (TPSA) is 27.1 Å². The van der Waals surface area contributed by atoms with Gasteiger partial charge in [0.25, 0.3) is 0 Å². The Hall–Kier alpha value is -1.04. The van der Waals surface area contributed by atoms with Gasteiger partial charge in [-0.15, -0.1) is 0 Å². The molecule has 0 unspecified atom stereocenters. The largest absolute Gasteiger partial charge is 0.408 e. The van der Waals surface area contributed by atoms with Crippen LogP contribution in [0.2, 0.25) is 0 Å². The fraction of sp³-hybridized carbons (Fsp3) is 0.700. The summed E-state index contributed by atoms with van der Waals surface area (Å²) in [6.07, 6.45) is -0.940. The lowest BCUT2D eigenvalue weighted by molar-refractivity contribution is -0.142. The molecule has 0 spiro atoms. The molecule has 0 bridgehead atoms. The fourth-order valence-electron chi connectivity index (χ4n) is 1.18. The van der Waals surface area contributed by atoms with Crippen LogP contribution in [0.5, 0.6) is 0 Å². The Morgan fingerprint density at radius 1 is 1.44 bits per heavy atom. The summed E-state index contributed by atoms with van der Waals surface area (Å²) in [6, 6.07) is 1.54. The number of alkyl halides is 3. The van der Waals surface area contributed by atoms with Crippen LogP contribution in [0.3, 0.4) is 0 Å². The molecule has 0 saturated carbocycles. The molecule has 0 aliphatic heterocycles. The minimum atomic E-state index is -4.23. The molecular weight excluding hydrogens is 221 g/mol. The van der Waals surface area contributed by atoms with Crippen molar-refractivity contribution in [2.75, 3.05) is 6.61 Å². The Bertz CT molecular complexity index is 309. The molecule has 0 N–H and O–H groups in total. The molecule has 3 nitrogen and oxygen atoms in total. The van der Waals surface area contributed by atoms with Crippen LogP contribution in [0.4, 0.5) is 13.2 Å². The second-order valence-corrected chi connectivity index (χ2v) is 3.53. The van der Waals surface area contributed by atoms with Gasteiger partial charge in [-0.1, -0.05) is 13.3 Å². The molecular formula is C10H15F3N2O. The van der Waals surface area contributed by atoms with E-state index in [4.69, 9.17) is 4.74 Å². The van der Waals surface area contributed by atoms with Gasteiger partial charge in [0.05, 0.1) is 12.3 Å². The maximum Gasteiger partial charge on any atom is 0.408 e. The van der Waals surface area contributed by atoms with Crippen LogP contribution in [0.15, 0.2) is 12.3 Å². The van der Waals surface area contributed by atoms with Gasteiger partial charge in [0.15, 0.2) is 0 Å². The minimum absolute atomic E-state index is 0.269. The van der Waals surface area contributed by atoms with E-state index in [9.17, 15) is 13.2 Å². The van der Waals surface area contributed by atoms with Crippen molar-refractivity contribution in [1.29, 1.82) is 0 Å². The Labute approximate surface area is 92.2 Å². The van der Waals surface area contributed by atoms with Crippen molar-refractivity contribution in [2.24, 2.45) is 0 Å². The predicted octanol–water partition coefficient (Wildman–Crippen LogP) is 2.76. The number of ether oxygens (including phenoxy) is 1. The first-order valence-electron chi connectivity index (χ1n) is 5.18. The van der Waals surface area contributed by atoms with E-state index in [1.807, 2.05) is 6.92 Å². The van der Waals surface area contributed by atoms with Crippen LogP contribution >= 0.6 is 0 Å². The van der Waals surface area contributed by atoms with Gasteiger partial charge in [0.1, 0.15) is 6.54 Å². The summed E-state index contributed by atoms with van der Waals surface area (Å²) in [5.41, 5.74) is 0.528. The SMILES string of the molecule is CCCCOCc1ccn(CC(F)(F)F)n1. The Morgan fingerprint density at radius 2 is 2.19 bits per heavy atom. The lowest BCUT2D eigenvalue weighted by atomic mass is 10.4. The molecule has 92 valence electrons. The predicted molar refractivity (Wildman–Crippen MR) is 52.8 cm³/mol. The van der Waals surface area contributed by atoms with Crippen molar-refractivity contribution in [3.05, 3.63) is 18.0 Å². The highest BCUT2D eigenvalue weighted by molar-refractivity contribution is 4.97. The van der Waals surface area contributed by atoms with Crippen molar-refractivity contribution in [3.8, 4) is 0 Å². The quantitative estimate of drug-likeness (QED) is 0.710. The zero-order chi connectivity index (χ0) is 12.0. The number of unbranched alkanes of at least 4 members (excludes halogenated alkanes) is 1. The molecule has 0 aromatic carbocycles. The van der Waals surface area contributed by atoms with E-state index in [2.05, 4.69) is 5.10 Å². The van der Waals surface area contributed by atoms with Crippen molar-refractivity contribution in [2.45, 2.75) is 39.1 Å². The average Bonchev–Trinajstić information content (AvgIpc) is 2.58. The third-order valence-corrected chi connectivity index (χ3v) is 1.93. The summed E-state index contributed by atoms with van der Waals surface area (Å²) in [5.74, 6) is 0. The average molecular weight is 236 g/mol. The molecule has 0 saturated heterocycles. The molecule has 0 aliphatic rings. The highest BCUT2D eigenvalue weighted by Crippen LogP contribution is 2.16. The molecule has 6 heteroatoms. The van der Waals surface area contributed by atoms with Crippen LogP contribution < -0.4 is 0 Å². The first kappa shape index (κ1) is 13.0. The van der Waals surface area contributed by atoms with E-state index >= 15 is 0 Å². The molecule has 0 aliphatic carbocycles. The highest BCUT2D eigenvalue weighted by atomic mass is 19.4. The van der Waals surface area contributed by atoms with Gasteiger partial charge in [0, 0.05) is 12.8 Å². The number of aromatic nitrogens is 2. The van der Waals surface area contributed by atoms with Gasteiger partial charge >= 0.3 is 6.18 Å². The number of nitrogens with zero attached hydrogens (tertiary/aromatic N) is 2. The van der Waals surface area contributed by atoms with Gasteiger partial charge in [-0.05, 0) is 12.5 Å². The Morgan fingerprint density at radius 3 is 2.81 bits per heavy atom. The third kappa shape index (κ3) is 5.16. The van der Waals surface area contributed by atoms with E-state index in [-0.39, 0.29) is 6.61 Å². The zero-order valence-corrected chi connectivity index (χ0v) is 9.13. The van der Waals surface area contributed by atoms with E-state index < -0.39 is 12.7 Å². The summed E-state index contributed by atoms with van der Waals surface area (Å²) in [6.45, 7) is 1.87. The summed E-state index contributed by atoms with van der Waals surface area (Å²) in [7, 11) is 0. The number of rotatable bonds is 6. The van der Waals surface area contributed by atoms with E-state index in [0.29, 0.717) is 12.3 Å². The van der Waals surface area contributed by atoms with Crippen LogP contribution in [0, 0.1) is 0 Å². The molecule has 1 aromatic rings. The first-order valence-corrected chi connectivity index (χ1v) is 5.18.